The molecule has 1 unspecified atom stereocenters. The first-order valence-electron chi connectivity index (χ1n) is 10.1. The summed E-state index contributed by atoms with van der Waals surface area (Å²) >= 11 is 0. The van der Waals surface area contributed by atoms with Crippen molar-refractivity contribution in [2.75, 3.05) is 31.6 Å². The largest absolute Gasteiger partial charge is 0.377 e. The third-order valence-electron chi connectivity index (χ3n) is 5.46. The second-order valence-electron chi connectivity index (χ2n) is 7.42. The predicted octanol–water partition coefficient (Wildman–Crippen LogP) is 4.85. The van der Waals surface area contributed by atoms with Crippen LogP contribution in [0.2, 0.25) is 0 Å². The molecule has 1 aliphatic rings. The highest BCUT2D eigenvalue weighted by atomic mass is 35.5. The molecule has 2 amide bonds. The number of benzene rings is 3. The molecule has 3 aromatic carbocycles. The van der Waals surface area contributed by atoms with Crippen molar-refractivity contribution >= 4 is 34.9 Å². The molecule has 0 radical (unpaired) electrons. The van der Waals surface area contributed by atoms with Crippen molar-refractivity contribution in [1.29, 1.82) is 0 Å². The van der Waals surface area contributed by atoms with Crippen LogP contribution in [0.3, 0.4) is 0 Å². The number of morpholine rings is 1. The zero-order valence-corrected chi connectivity index (χ0v) is 17.9. The zero-order valence-electron chi connectivity index (χ0n) is 17.1. The zero-order chi connectivity index (χ0) is 20.1. The second-order valence-corrected chi connectivity index (χ2v) is 7.42. The van der Waals surface area contributed by atoms with Crippen molar-refractivity contribution in [3.05, 3.63) is 78.4 Å². The van der Waals surface area contributed by atoms with Gasteiger partial charge in [0.15, 0.2) is 0 Å². The van der Waals surface area contributed by atoms with Crippen LogP contribution in [-0.2, 0) is 4.74 Å². The first-order valence-corrected chi connectivity index (χ1v) is 10.1. The van der Waals surface area contributed by atoms with Crippen molar-refractivity contribution in [3.63, 3.8) is 0 Å². The number of urea groups is 1. The van der Waals surface area contributed by atoms with Crippen molar-refractivity contribution in [1.82, 2.24) is 10.2 Å². The maximum atomic E-state index is 12.8. The van der Waals surface area contributed by atoms with Crippen LogP contribution in [0.15, 0.2) is 72.8 Å². The van der Waals surface area contributed by atoms with Crippen molar-refractivity contribution < 1.29 is 9.53 Å². The van der Waals surface area contributed by atoms with Gasteiger partial charge in [0.05, 0.1) is 19.3 Å². The highest BCUT2D eigenvalue weighted by Gasteiger charge is 2.27. The van der Waals surface area contributed by atoms with E-state index in [1.165, 1.54) is 16.3 Å². The van der Waals surface area contributed by atoms with Gasteiger partial charge >= 0.3 is 6.03 Å². The summed E-state index contributed by atoms with van der Waals surface area (Å²) in [5.41, 5.74) is 2.07. The summed E-state index contributed by atoms with van der Waals surface area (Å²) in [7, 11) is 0. The molecule has 0 saturated carbocycles. The molecule has 1 aliphatic heterocycles. The Morgan fingerprint density at radius 1 is 1.07 bits per heavy atom. The van der Waals surface area contributed by atoms with Crippen LogP contribution < -0.4 is 10.6 Å². The third-order valence-corrected chi connectivity index (χ3v) is 5.46. The van der Waals surface area contributed by atoms with Gasteiger partial charge in [-0.15, -0.1) is 12.4 Å². The summed E-state index contributed by atoms with van der Waals surface area (Å²) in [6.07, 6.45) is 0. The number of anilines is 1. The summed E-state index contributed by atoms with van der Waals surface area (Å²) in [6, 6.07) is 24.5. The standard InChI is InChI=1S/C24H27N3O2.ClH/c1-18(22-13-7-9-19-8-5-6-12-23(19)22)25-16-21-17-29-15-14-27(21)24(28)26-20-10-3-2-4-11-20;/h2-13,18,21,25H,14-17H2,1H3,(H,26,28);1H/t18-,21?;/m1./s1. The van der Waals surface area contributed by atoms with E-state index in [2.05, 4.69) is 60.0 Å². The first kappa shape index (κ1) is 22.1. The molecule has 2 atom stereocenters. The highest BCUT2D eigenvalue weighted by molar-refractivity contribution is 5.89. The molecular formula is C24H28ClN3O2. The fraction of sp³-hybridized carbons (Fsp3) is 0.292. The number of rotatable bonds is 5. The lowest BCUT2D eigenvalue weighted by Crippen LogP contribution is -2.54. The number of fused-ring (bicyclic) bond motifs is 1. The molecule has 158 valence electrons. The topological polar surface area (TPSA) is 53.6 Å². The van der Waals surface area contributed by atoms with E-state index in [9.17, 15) is 4.79 Å². The van der Waals surface area contributed by atoms with Gasteiger partial charge in [0.2, 0.25) is 0 Å². The molecule has 1 saturated heterocycles. The Labute approximate surface area is 183 Å². The summed E-state index contributed by atoms with van der Waals surface area (Å²) in [5, 5.41) is 9.09. The van der Waals surface area contributed by atoms with Gasteiger partial charge in [-0.3, -0.25) is 0 Å². The van der Waals surface area contributed by atoms with Crippen LogP contribution in [0.5, 0.6) is 0 Å². The molecule has 6 heteroatoms. The Kier molecular flexibility index (Phi) is 7.69. The summed E-state index contributed by atoms with van der Waals surface area (Å²) in [6.45, 7) is 4.54. The number of ether oxygens (including phenoxy) is 1. The number of para-hydroxylation sites is 1. The lowest BCUT2D eigenvalue weighted by Gasteiger charge is -2.36. The Hall–Kier alpha value is -2.60. The molecule has 5 nitrogen and oxygen atoms in total. The average Bonchev–Trinajstić information content (AvgIpc) is 2.78. The molecule has 4 rings (SSSR count). The predicted molar refractivity (Wildman–Crippen MR) is 124 cm³/mol. The Bertz CT molecular complexity index is 962. The highest BCUT2D eigenvalue weighted by Crippen LogP contribution is 2.24. The van der Waals surface area contributed by atoms with E-state index in [0.29, 0.717) is 26.3 Å². The number of halogens is 1. The van der Waals surface area contributed by atoms with Crippen LogP contribution in [0, 0.1) is 0 Å². The summed E-state index contributed by atoms with van der Waals surface area (Å²) in [4.78, 5) is 14.7. The second kappa shape index (κ2) is 10.4. The maximum Gasteiger partial charge on any atom is 0.322 e. The van der Waals surface area contributed by atoms with Crippen molar-refractivity contribution in [2.24, 2.45) is 0 Å². The number of nitrogens with one attached hydrogen (secondary N) is 2. The number of hydrogen-bond donors (Lipinski definition) is 2. The molecule has 1 fully saturated rings. The van der Waals surface area contributed by atoms with E-state index in [-0.39, 0.29) is 30.5 Å². The minimum atomic E-state index is -0.0795. The van der Waals surface area contributed by atoms with Crippen molar-refractivity contribution in [3.8, 4) is 0 Å². The van der Waals surface area contributed by atoms with Gasteiger partial charge in [0.1, 0.15) is 0 Å². The van der Waals surface area contributed by atoms with E-state index in [4.69, 9.17) is 4.74 Å². The minimum absolute atomic E-state index is 0. The first-order chi connectivity index (χ1) is 14.2. The molecule has 1 heterocycles. The number of hydrogen-bond acceptors (Lipinski definition) is 3. The average molecular weight is 426 g/mol. The van der Waals surface area contributed by atoms with E-state index < -0.39 is 0 Å². The fourth-order valence-electron chi connectivity index (χ4n) is 3.86. The number of carbonyl (C=O) groups is 1. The van der Waals surface area contributed by atoms with Gasteiger partial charge in [-0.2, -0.15) is 0 Å². The number of carbonyl (C=O) groups excluding carboxylic acids is 1. The third kappa shape index (κ3) is 5.11. The SMILES string of the molecule is C[C@@H](NCC1COCCN1C(=O)Nc1ccccc1)c1cccc2ccccc12.Cl. The fourth-order valence-corrected chi connectivity index (χ4v) is 3.86. The molecular weight excluding hydrogens is 398 g/mol. The van der Waals surface area contributed by atoms with Crippen LogP contribution in [0.4, 0.5) is 10.5 Å². The molecule has 2 N–H and O–H groups in total. The normalized spacial score (nSPS) is 17.2. The van der Waals surface area contributed by atoms with E-state index >= 15 is 0 Å². The van der Waals surface area contributed by atoms with Gasteiger partial charge in [-0.05, 0) is 35.4 Å². The van der Waals surface area contributed by atoms with Gasteiger partial charge in [0.25, 0.3) is 0 Å². The van der Waals surface area contributed by atoms with Crippen LogP contribution in [0.25, 0.3) is 10.8 Å². The minimum Gasteiger partial charge on any atom is -0.377 e. The number of nitrogens with zero attached hydrogens (tertiary/aromatic N) is 1. The van der Waals surface area contributed by atoms with Gasteiger partial charge in [0, 0.05) is 24.8 Å². The molecule has 0 aromatic heterocycles. The molecule has 30 heavy (non-hydrogen) atoms. The quantitative estimate of drug-likeness (QED) is 0.614. The van der Waals surface area contributed by atoms with E-state index in [1.807, 2.05) is 35.2 Å². The number of amides is 2. The lowest BCUT2D eigenvalue weighted by atomic mass is 9.99. The van der Waals surface area contributed by atoms with Gasteiger partial charge in [-0.1, -0.05) is 60.7 Å². The van der Waals surface area contributed by atoms with Crippen molar-refractivity contribution in [2.45, 2.75) is 19.0 Å². The van der Waals surface area contributed by atoms with Crippen LogP contribution >= 0.6 is 12.4 Å². The molecule has 3 aromatic rings. The van der Waals surface area contributed by atoms with Crippen LogP contribution in [-0.4, -0.2) is 43.3 Å². The lowest BCUT2D eigenvalue weighted by molar-refractivity contribution is 0.0151. The molecule has 0 spiro atoms. The Morgan fingerprint density at radius 2 is 1.80 bits per heavy atom. The van der Waals surface area contributed by atoms with E-state index in [0.717, 1.165) is 5.69 Å². The smallest absolute Gasteiger partial charge is 0.322 e. The Morgan fingerprint density at radius 3 is 2.63 bits per heavy atom. The van der Waals surface area contributed by atoms with Crippen LogP contribution in [0.1, 0.15) is 18.5 Å². The monoisotopic (exact) mass is 425 g/mol. The summed E-state index contributed by atoms with van der Waals surface area (Å²) < 4.78 is 5.66. The molecule has 0 aliphatic carbocycles. The Balaban J connectivity index is 0.00000256. The molecule has 0 bridgehead atoms. The summed E-state index contributed by atoms with van der Waals surface area (Å²) in [5.74, 6) is 0. The van der Waals surface area contributed by atoms with Gasteiger partial charge in [-0.25, -0.2) is 4.79 Å². The van der Waals surface area contributed by atoms with E-state index in [1.54, 1.807) is 0 Å². The van der Waals surface area contributed by atoms with Gasteiger partial charge < -0.3 is 20.3 Å². The maximum absolute atomic E-state index is 12.8.